The van der Waals surface area contributed by atoms with Crippen molar-refractivity contribution >= 4 is 18.1 Å². The normalized spacial score (nSPS) is 10.1. The molecule has 0 aliphatic rings. The number of aryl methyl sites for hydroxylation is 1. The molecule has 1 N–H and O–H groups in total. The van der Waals surface area contributed by atoms with Gasteiger partial charge in [0.2, 0.25) is 0 Å². The quantitative estimate of drug-likeness (QED) is 0.849. The zero-order valence-electron chi connectivity index (χ0n) is 11.1. The van der Waals surface area contributed by atoms with Crippen LogP contribution < -0.4 is 5.32 Å². The maximum Gasteiger partial charge on any atom is 0.411 e. The van der Waals surface area contributed by atoms with Crippen LogP contribution in [0.3, 0.4) is 0 Å². The van der Waals surface area contributed by atoms with Crippen molar-refractivity contribution in [1.82, 2.24) is 0 Å². The minimum absolute atomic E-state index is 0.453. The molecule has 0 aliphatic carbocycles. The summed E-state index contributed by atoms with van der Waals surface area (Å²) in [5.74, 6) is 1.51. The van der Waals surface area contributed by atoms with Gasteiger partial charge in [0.15, 0.2) is 0 Å². The monoisotopic (exact) mass is 273 g/mol. The Hall–Kier alpha value is -2.56. The lowest BCUT2D eigenvalue weighted by Crippen LogP contribution is -2.10. The van der Waals surface area contributed by atoms with Crippen LogP contribution in [0.4, 0.5) is 10.5 Å². The van der Waals surface area contributed by atoms with Crippen molar-refractivity contribution in [2.24, 2.45) is 0 Å². The number of anilines is 1. The summed E-state index contributed by atoms with van der Waals surface area (Å²) in [6.07, 6.45) is 1.42. The molecule has 104 valence electrons. The first-order chi connectivity index (χ1) is 9.72. The molecule has 0 aliphatic heterocycles. The molecular weight excluding hydrogens is 258 g/mol. The van der Waals surface area contributed by atoms with Gasteiger partial charge in [-0.15, -0.1) is 0 Å². The Kier molecular flexibility index (Phi) is 4.55. The van der Waals surface area contributed by atoms with Crippen LogP contribution in [-0.2, 0) is 16.0 Å². The van der Waals surface area contributed by atoms with E-state index in [0.717, 1.165) is 23.4 Å². The molecule has 0 fully saturated rings. The Bertz CT molecular complexity index is 586. The number of rotatable bonds is 5. The lowest BCUT2D eigenvalue weighted by atomic mass is 10.1. The Labute approximate surface area is 116 Å². The third kappa shape index (κ3) is 3.47. The van der Waals surface area contributed by atoms with Crippen molar-refractivity contribution in [3.63, 3.8) is 0 Å². The summed E-state index contributed by atoms with van der Waals surface area (Å²) >= 11 is 0. The van der Waals surface area contributed by atoms with E-state index in [2.05, 4.69) is 10.1 Å². The van der Waals surface area contributed by atoms with E-state index in [9.17, 15) is 9.59 Å². The highest BCUT2D eigenvalue weighted by atomic mass is 16.5. The van der Waals surface area contributed by atoms with E-state index in [0.29, 0.717) is 18.5 Å². The van der Waals surface area contributed by atoms with Crippen LogP contribution in [-0.4, -0.2) is 19.5 Å². The van der Waals surface area contributed by atoms with Gasteiger partial charge in [0.25, 0.3) is 0 Å². The van der Waals surface area contributed by atoms with Gasteiger partial charge < -0.3 is 13.9 Å². The fourth-order valence-electron chi connectivity index (χ4n) is 1.76. The SMILES string of the molecule is COC(=O)Nc1ccc(-c2ccc(CCC=O)o2)cc1. The lowest BCUT2D eigenvalue weighted by Gasteiger charge is -2.04. The molecule has 2 rings (SSSR count). The predicted octanol–water partition coefficient (Wildman–Crippen LogP) is 3.26. The van der Waals surface area contributed by atoms with E-state index >= 15 is 0 Å². The zero-order valence-corrected chi connectivity index (χ0v) is 11.1. The third-order valence-electron chi connectivity index (χ3n) is 2.77. The summed E-state index contributed by atoms with van der Waals surface area (Å²) in [7, 11) is 1.31. The van der Waals surface area contributed by atoms with Gasteiger partial charge in [-0.25, -0.2) is 4.79 Å². The molecule has 1 aromatic heterocycles. The molecule has 0 atom stereocenters. The first kappa shape index (κ1) is 13.9. The number of carbonyl (C=O) groups is 2. The van der Waals surface area contributed by atoms with E-state index < -0.39 is 6.09 Å². The first-order valence-electron chi connectivity index (χ1n) is 6.20. The van der Waals surface area contributed by atoms with Crippen LogP contribution in [0.15, 0.2) is 40.8 Å². The molecule has 1 amide bonds. The van der Waals surface area contributed by atoms with Crippen LogP contribution in [0.5, 0.6) is 0 Å². The average molecular weight is 273 g/mol. The highest BCUT2D eigenvalue weighted by molar-refractivity contribution is 5.84. The first-order valence-corrected chi connectivity index (χ1v) is 6.20. The van der Waals surface area contributed by atoms with E-state index in [1.165, 1.54) is 7.11 Å². The third-order valence-corrected chi connectivity index (χ3v) is 2.77. The summed E-state index contributed by atoms with van der Waals surface area (Å²) in [4.78, 5) is 21.4. The van der Waals surface area contributed by atoms with Crippen molar-refractivity contribution in [2.75, 3.05) is 12.4 Å². The number of methoxy groups -OCH3 is 1. The van der Waals surface area contributed by atoms with E-state index in [4.69, 9.17) is 4.42 Å². The van der Waals surface area contributed by atoms with Crippen molar-refractivity contribution in [3.8, 4) is 11.3 Å². The van der Waals surface area contributed by atoms with Crippen molar-refractivity contribution in [3.05, 3.63) is 42.2 Å². The van der Waals surface area contributed by atoms with Crippen molar-refractivity contribution in [1.29, 1.82) is 0 Å². The summed E-state index contributed by atoms with van der Waals surface area (Å²) in [6, 6.07) is 10.9. The Morgan fingerprint density at radius 2 is 2.00 bits per heavy atom. The number of ether oxygens (including phenoxy) is 1. The number of nitrogens with one attached hydrogen (secondary N) is 1. The molecule has 1 heterocycles. The number of amides is 1. The topological polar surface area (TPSA) is 68.5 Å². The second kappa shape index (κ2) is 6.56. The molecule has 0 radical (unpaired) electrons. The predicted molar refractivity (Wildman–Crippen MR) is 74.6 cm³/mol. The fraction of sp³-hybridized carbons (Fsp3) is 0.200. The Morgan fingerprint density at radius 1 is 1.25 bits per heavy atom. The number of hydrogen-bond acceptors (Lipinski definition) is 4. The summed E-state index contributed by atoms with van der Waals surface area (Å²) in [6.45, 7) is 0. The number of hydrogen-bond donors (Lipinski definition) is 1. The van der Waals surface area contributed by atoms with Gasteiger partial charge >= 0.3 is 6.09 Å². The molecule has 0 bridgehead atoms. The van der Waals surface area contributed by atoms with Crippen LogP contribution in [0.25, 0.3) is 11.3 Å². The van der Waals surface area contributed by atoms with E-state index in [-0.39, 0.29) is 0 Å². The maximum absolute atomic E-state index is 11.1. The molecule has 5 heteroatoms. The second-order valence-corrected chi connectivity index (χ2v) is 4.17. The highest BCUT2D eigenvalue weighted by Gasteiger charge is 2.06. The van der Waals surface area contributed by atoms with Crippen molar-refractivity contribution in [2.45, 2.75) is 12.8 Å². The smallest absolute Gasteiger partial charge is 0.411 e. The number of benzene rings is 1. The molecule has 5 nitrogen and oxygen atoms in total. The fourth-order valence-corrected chi connectivity index (χ4v) is 1.76. The van der Waals surface area contributed by atoms with Gasteiger partial charge in [-0.1, -0.05) is 0 Å². The average Bonchev–Trinajstić information content (AvgIpc) is 2.94. The van der Waals surface area contributed by atoms with E-state index in [1.807, 2.05) is 24.3 Å². The van der Waals surface area contributed by atoms with Gasteiger partial charge in [-0.3, -0.25) is 5.32 Å². The minimum atomic E-state index is -0.508. The Balaban J connectivity index is 2.07. The van der Waals surface area contributed by atoms with Gasteiger partial charge in [0.05, 0.1) is 7.11 Å². The number of furan rings is 1. The maximum atomic E-state index is 11.1. The van der Waals surface area contributed by atoms with Gasteiger partial charge in [-0.05, 0) is 36.4 Å². The zero-order chi connectivity index (χ0) is 14.4. The molecule has 0 saturated carbocycles. The molecular formula is C15H15NO4. The van der Waals surface area contributed by atoms with Crippen molar-refractivity contribution < 1.29 is 18.7 Å². The molecule has 2 aromatic rings. The highest BCUT2D eigenvalue weighted by Crippen LogP contribution is 2.24. The van der Waals surface area contributed by atoms with Crippen LogP contribution >= 0.6 is 0 Å². The number of carbonyl (C=O) groups excluding carboxylic acids is 2. The summed E-state index contributed by atoms with van der Waals surface area (Å²) in [5.41, 5.74) is 1.55. The lowest BCUT2D eigenvalue weighted by molar-refractivity contribution is -0.107. The second-order valence-electron chi connectivity index (χ2n) is 4.17. The van der Waals surface area contributed by atoms with E-state index in [1.54, 1.807) is 12.1 Å². The van der Waals surface area contributed by atoms with Crippen LogP contribution in [0.2, 0.25) is 0 Å². The van der Waals surface area contributed by atoms with Gasteiger partial charge in [0.1, 0.15) is 17.8 Å². The number of aldehydes is 1. The van der Waals surface area contributed by atoms with Gasteiger partial charge in [-0.2, -0.15) is 0 Å². The molecule has 0 spiro atoms. The molecule has 20 heavy (non-hydrogen) atoms. The minimum Gasteiger partial charge on any atom is -0.461 e. The summed E-state index contributed by atoms with van der Waals surface area (Å²) < 4.78 is 10.2. The molecule has 0 unspecified atom stereocenters. The largest absolute Gasteiger partial charge is 0.461 e. The van der Waals surface area contributed by atoms with Gasteiger partial charge in [0, 0.05) is 24.1 Å². The van der Waals surface area contributed by atoms with Crippen LogP contribution in [0.1, 0.15) is 12.2 Å². The molecule has 1 aromatic carbocycles. The van der Waals surface area contributed by atoms with Crippen LogP contribution in [0, 0.1) is 0 Å². The summed E-state index contributed by atoms with van der Waals surface area (Å²) in [5, 5.41) is 2.57. The standard InChI is InChI=1S/C15H15NO4/c1-19-15(18)16-12-6-4-11(5-7-12)14-9-8-13(20-14)3-2-10-17/h4-10H,2-3H2,1H3,(H,16,18). The Morgan fingerprint density at radius 3 is 2.65 bits per heavy atom. The molecule has 0 saturated heterocycles.